The molecule has 2 heterocycles. The zero-order valence-corrected chi connectivity index (χ0v) is 9.81. The summed E-state index contributed by atoms with van der Waals surface area (Å²) >= 11 is 0. The van der Waals surface area contributed by atoms with E-state index in [4.69, 9.17) is 4.74 Å². The zero-order chi connectivity index (χ0) is 11.9. The van der Waals surface area contributed by atoms with Crippen molar-refractivity contribution < 1.29 is 4.74 Å². The van der Waals surface area contributed by atoms with Crippen molar-refractivity contribution >= 4 is 28.5 Å². The van der Waals surface area contributed by atoms with E-state index in [0.29, 0.717) is 0 Å². The maximum absolute atomic E-state index is 5.69. The predicted molar refractivity (Wildman–Crippen MR) is 72.4 cm³/mol. The molecule has 2 aliphatic heterocycles. The van der Waals surface area contributed by atoms with Gasteiger partial charge in [-0.3, -0.25) is 5.32 Å². The summed E-state index contributed by atoms with van der Waals surface area (Å²) in [6, 6.07) is 10.5. The fourth-order valence-electron chi connectivity index (χ4n) is 2.64. The van der Waals surface area contributed by atoms with Crippen molar-refractivity contribution in [2.45, 2.75) is 6.23 Å². The van der Waals surface area contributed by atoms with Gasteiger partial charge in [-0.05, 0) is 11.5 Å². The highest BCUT2D eigenvalue weighted by Gasteiger charge is 2.22. The second kappa shape index (κ2) is 3.80. The largest absolute Gasteiger partial charge is 0.358 e. The van der Waals surface area contributed by atoms with Crippen molar-refractivity contribution in [3.8, 4) is 0 Å². The summed E-state index contributed by atoms with van der Waals surface area (Å²) < 4.78 is 5.69. The van der Waals surface area contributed by atoms with Crippen LogP contribution in [0.25, 0.3) is 10.8 Å². The molecule has 4 heteroatoms. The lowest BCUT2D eigenvalue weighted by Crippen LogP contribution is -2.14. The molecule has 1 saturated heterocycles. The minimum atomic E-state index is -0.0345. The van der Waals surface area contributed by atoms with Gasteiger partial charge in [0.1, 0.15) is 6.23 Å². The molecule has 4 rings (SSSR count). The maximum atomic E-state index is 5.69. The van der Waals surface area contributed by atoms with Crippen molar-refractivity contribution in [2.75, 3.05) is 18.5 Å². The minimum absolute atomic E-state index is 0.0345. The summed E-state index contributed by atoms with van der Waals surface area (Å²) in [6.07, 6.45) is 1.71. The fourth-order valence-corrected chi connectivity index (χ4v) is 2.64. The highest BCUT2D eigenvalue weighted by molar-refractivity contribution is 6.09. The zero-order valence-electron chi connectivity index (χ0n) is 9.81. The molecule has 0 saturated carbocycles. The Balaban J connectivity index is 2.00. The van der Waals surface area contributed by atoms with E-state index >= 15 is 0 Å². The third-order valence-corrected chi connectivity index (χ3v) is 3.46. The van der Waals surface area contributed by atoms with E-state index in [1.165, 1.54) is 10.8 Å². The maximum Gasteiger partial charge on any atom is 0.136 e. The number of hydrogen-bond donors (Lipinski definition) is 2. The molecule has 0 radical (unpaired) electrons. The summed E-state index contributed by atoms with van der Waals surface area (Å²) in [5, 5.41) is 8.91. The molecule has 2 N–H and O–H groups in total. The van der Waals surface area contributed by atoms with E-state index in [2.05, 4.69) is 46.0 Å². The second-order valence-electron chi connectivity index (χ2n) is 4.51. The molecule has 0 aromatic heterocycles. The molecule has 0 aliphatic carbocycles. The number of nitrogens with zero attached hydrogens (tertiary/aromatic N) is 1. The van der Waals surface area contributed by atoms with E-state index in [9.17, 15) is 0 Å². The van der Waals surface area contributed by atoms with Crippen LogP contribution in [0.2, 0.25) is 0 Å². The Bertz CT molecular complexity index is 645. The topological polar surface area (TPSA) is 45.7 Å². The van der Waals surface area contributed by atoms with Crippen LogP contribution in [0.1, 0.15) is 11.8 Å². The molecular weight excluding hydrogens is 226 g/mol. The Kier molecular flexibility index (Phi) is 2.12. The van der Waals surface area contributed by atoms with Gasteiger partial charge >= 0.3 is 0 Å². The van der Waals surface area contributed by atoms with Gasteiger partial charge in [-0.2, -0.15) is 0 Å². The van der Waals surface area contributed by atoms with Crippen LogP contribution < -0.4 is 10.6 Å². The SMILES string of the molecule is C1=Nc2c(C3NCCO3)ccc3cccc(c23)N1. The normalized spacial score (nSPS) is 21.2. The van der Waals surface area contributed by atoms with Crippen LogP contribution in [-0.4, -0.2) is 19.5 Å². The van der Waals surface area contributed by atoms with Crippen LogP contribution >= 0.6 is 0 Å². The molecule has 1 atom stereocenters. The lowest BCUT2D eigenvalue weighted by molar-refractivity contribution is 0.102. The Morgan fingerprint density at radius 2 is 2.22 bits per heavy atom. The number of ether oxygens (including phenoxy) is 1. The number of rotatable bonds is 1. The number of anilines is 1. The molecule has 2 aliphatic rings. The first-order chi connectivity index (χ1) is 8.93. The first-order valence-corrected chi connectivity index (χ1v) is 6.13. The van der Waals surface area contributed by atoms with Crippen LogP contribution in [0.4, 0.5) is 11.4 Å². The average Bonchev–Trinajstić information content (AvgIpc) is 2.94. The Hall–Kier alpha value is -1.91. The van der Waals surface area contributed by atoms with Crippen LogP contribution in [0.15, 0.2) is 35.3 Å². The van der Waals surface area contributed by atoms with Crippen molar-refractivity contribution in [3.63, 3.8) is 0 Å². The van der Waals surface area contributed by atoms with Gasteiger partial charge < -0.3 is 10.1 Å². The molecule has 0 amide bonds. The highest BCUT2D eigenvalue weighted by atomic mass is 16.5. The van der Waals surface area contributed by atoms with Gasteiger partial charge in [0.05, 0.1) is 18.6 Å². The molecule has 90 valence electrons. The van der Waals surface area contributed by atoms with Crippen LogP contribution in [0.3, 0.4) is 0 Å². The number of hydrogen-bond acceptors (Lipinski definition) is 4. The van der Waals surface area contributed by atoms with Gasteiger partial charge in [-0.15, -0.1) is 0 Å². The van der Waals surface area contributed by atoms with Crippen LogP contribution in [0, 0.1) is 0 Å². The molecule has 1 unspecified atom stereocenters. The van der Waals surface area contributed by atoms with Gasteiger partial charge in [-0.25, -0.2) is 4.99 Å². The molecule has 0 spiro atoms. The van der Waals surface area contributed by atoms with Gasteiger partial charge in [0.15, 0.2) is 0 Å². The van der Waals surface area contributed by atoms with Gasteiger partial charge in [0.2, 0.25) is 0 Å². The summed E-state index contributed by atoms with van der Waals surface area (Å²) in [7, 11) is 0. The molecule has 0 bridgehead atoms. The summed E-state index contributed by atoms with van der Waals surface area (Å²) in [4.78, 5) is 4.50. The Morgan fingerprint density at radius 3 is 3.11 bits per heavy atom. The predicted octanol–water partition coefficient (Wildman–Crippen LogP) is 2.54. The van der Waals surface area contributed by atoms with Gasteiger partial charge in [-0.1, -0.05) is 24.3 Å². The second-order valence-corrected chi connectivity index (χ2v) is 4.51. The first-order valence-electron chi connectivity index (χ1n) is 6.13. The number of nitrogens with one attached hydrogen (secondary N) is 2. The van der Waals surface area contributed by atoms with Crippen LogP contribution in [0.5, 0.6) is 0 Å². The minimum Gasteiger partial charge on any atom is -0.358 e. The molecule has 2 aromatic rings. The summed E-state index contributed by atoms with van der Waals surface area (Å²) in [5.41, 5.74) is 3.24. The van der Waals surface area contributed by atoms with Crippen molar-refractivity contribution in [1.29, 1.82) is 0 Å². The van der Waals surface area contributed by atoms with E-state index in [1.807, 2.05) is 0 Å². The lowest BCUT2D eigenvalue weighted by Gasteiger charge is -2.19. The fraction of sp³-hybridized carbons (Fsp3) is 0.214. The third kappa shape index (κ3) is 1.36. The van der Waals surface area contributed by atoms with Crippen molar-refractivity contribution in [2.24, 2.45) is 4.99 Å². The third-order valence-electron chi connectivity index (χ3n) is 3.46. The van der Waals surface area contributed by atoms with Gasteiger partial charge in [0, 0.05) is 23.2 Å². The Labute approximate surface area is 105 Å². The summed E-state index contributed by atoms with van der Waals surface area (Å²) in [6.45, 7) is 1.65. The molecule has 4 nitrogen and oxygen atoms in total. The lowest BCUT2D eigenvalue weighted by atomic mass is 10.0. The van der Waals surface area contributed by atoms with E-state index in [-0.39, 0.29) is 6.23 Å². The molecule has 18 heavy (non-hydrogen) atoms. The quantitative estimate of drug-likeness (QED) is 0.804. The molecule has 2 aromatic carbocycles. The van der Waals surface area contributed by atoms with Gasteiger partial charge in [0.25, 0.3) is 0 Å². The van der Waals surface area contributed by atoms with Crippen molar-refractivity contribution in [3.05, 3.63) is 35.9 Å². The van der Waals surface area contributed by atoms with Crippen LogP contribution in [-0.2, 0) is 4.74 Å². The Morgan fingerprint density at radius 1 is 1.22 bits per heavy atom. The summed E-state index contributed by atoms with van der Waals surface area (Å²) in [5.74, 6) is 0. The highest BCUT2D eigenvalue weighted by Crippen LogP contribution is 2.40. The van der Waals surface area contributed by atoms with E-state index < -0.39 is 0 Å². The molecular formula is C14H13N3O. The molecule has 1 fully saturated rings. The first kappa shape index (κ1) is 10.1. The van der Waals surface area contributed by atoms with Crippen molar-refractivity contribution in [1.82, 2.24) is 5.32 Å². The number of aliphatic imine (C=N–C) groups is 1. The smallest absolute Gasteiger partial charge is 0.136 e. The monoisotopic (exact) mass is 239 g/mol. The van der Waals surface area contributed by atoms with E-state index in [0.717, 1.165) is 30.1 Å². The standard InChI is InChI=1S/C14H13N3O/c1-2-9-4-5-10(14-15-6-7-18-14)13-12(9)11(3-1)16-8-17-13/h1-5,8,14-15H,6-7H2,(H,16,17). The average molecular weight is 239 g/mol. The van der Waals surface area contributed by atoms with E-state index in [1.54, 1.807) is 6.34 Å². The number of benzene rings is 2.